The van der Waals surface area contributed by atoms with Crippen LogP contribution >= 0.6 is 91.1 Å². The molecule has 0 radical (unpaired) electrons. The molecule has 2 heterocycles. The predicted molar refractivity (Wildman–Crippen MR) is 151 cm³/mol. The minimum absolute atomic E-state index is 0.846. The molecule has 0 aliphatic heterocycles. The van der Waals surface area contributed by atoms with Gasteiger partial charge >= 0.3 is 0 Å². The second-order valence-corrected chi connectivity index (χ2v) is 13.5. The number of halogens is 4. The summed E-state index contributed by atoms with van der Waals surface area (Å²) in [5, 5.41) is 4.14. The molecular formula is C24H14Cl2I2S2. The standard InChI is InChI=1S/C24H14Cl2I2S2/c25-19-17-15(11-13-7-3-1-4-8-13)21-18(20(26)24(28)29-21)16(22(17)30-23(19)27)12-14-9-5-2-6-10-14/h1-10H,11-12H2. The van der Waals surface area contributed by atoms with Crippen molar-refractivity contribution in [2.24, 2.45) is 0 Å². The highest BCUT2D eigenvalue weighted by atomic mass is 127. The third-order valence-electron chi connectivity index (χ3n) is 5.22. The number of thiophene rings is 2. The van der Waals surface area contributed by atoms with E-state index in [1.54, 1.807) is 22.7 Å². The van der Waals surface area contributed by atoms with Crippen molar-refractivity contribution in [3.8, 4) is 0 Å². The van der Waals surface area contributed by atoms with Gasteiger partial charge in [0.2, 0.25) is 0 Å². The largest absolute Gasteiger partial charge is 0.127 e. The van der Waals surface area contributed by atoms with Gasteiger partial charge in [-0.25, -0.2) is 0 Å². The Kier molecular flexibility index (Phi) is 6.34. The summed E-state index contributed by atoms with van der Waals surface area (Å²) in [6, 6.07) is 21.2. The van der Waals surface area contributed by atoms with Crippen LogP contribution in [0.2, 0.25) is 10.0 Å². The highest BCUT2D eigenvalue weighted by Gasteiger charge is 2.24. The van der Waals surface area contributed by atoms with Gasteiger partial charge in [-0.05, 0) is 80.3 Å². The molecule has 30 heavy (non-hydrogen) atoms. The van der Waals surface area contributed by atoms with Gasteiger partial charge in [0, 0.05) is 20.2 Å². The average molecular weight is 691 g/mol. The fourth-order valence-electron chi connectivity index (χ4n) is 3.90. The van der Waals surface area contributed by atoms with Crippen LogP contribution in [-0.4, -0.2) is 0 Å². The van der Waals surface area contributed by atoms with Gasteiger partial charge in [-0.15, -0.1) is 22.7 Å². The predicted octanol–water partition coefficient (Wildman–Crippen LogP) is 9.81. The average Bonchev–Trinajstić information content (AvgIpc) is 3.22. The Bertz CT molecular complexity index is 1270. The molecule has 0 atom stereocenters. The zero-order chi connectivity index (χ0) is 20.8. The van der Waals surface area contributed by atoms with E-state index in [2.05, 4.69) is 106 Å². The van der Waals surface area contributed by atoms with E-state index in [0.29, 0.717) is 0 Å². The molecule has 0 N–H and O–H groups in total. The fraction of sp³-hybridized carbons (Fsp3) is 0.0833. The van der Waals surface area contributed by atoms with E-state index in [1.807, 2.05) is 0 Å². The Morgan fingerprint density at radius 2 is 0.967 bits per heavy atom. The minimum atomic E-state index is 0.846. The van der Waals surface area contributed by atoms with Gasteiger partial charge in [0.05, 0.1) is 15.8 Å². The molecule has 0 saturated carbocycles. The van der Waals surface area contributed by atoms with E-state index < -0.39 is 0 Å². The van der Waals surface area contributed by atoms with Crippen LogP contribution in [0.1, 0.15) is 22.3 Å². The highest BCUT2D eigenvalue weighted by Crippen LogP contribution is 2.50. The molecule has 150 valence electrons. The molecule has 0 nitrogen and oxygen atoms in total. The molecule has 0 fully saturated rings. The first-order valence-corrected chi connectivity index (χ1v) is 13.9. The first-order valence-electron chi connectivity index (χ1n) is 9.31. The van der Waals surface area contributed by atoms with Crippen molar-refractivity contribution in [2.75, 3.05) is 0 Å². The molecule has 2 aromatic heterocycles. The van der Waals surface area contributed by atoms with E-state index in [4.69, 9.17) is 23.2 Å². The van der Waals surface area contributed by atoms with Gasteiger partial charge in [-0.3, -0.25) is 0 Å². The van der Waals surface area contributed by atoms with E-state index in [-0.39, 0.29) is 0 Å². The van der Waals surface area contributed by atoms with Crippen LogP contribution in [0.5, 0.6) is 0 Å². The quantitative estimate of drug-likeness (QED) is 0.165. The normalized spacial score (nSPS) is 11.6. The van der Waals surface area contributed by atoms with E-state index >= 15 is 0 Å². The molecule has 0 aliphatic carbocycles. The Balaban J connectivity index is 1.86. The van der Waals surface area contributed by atoms with Crippen LogP contribution in [0.25, 0.3) is 20.2 Å². The summed E-state index contributed by atoms with van der Waals surface area (Å²) in [7, 11) is 0. The molecule has 0 aliphatic rings. The molecule has 3 aromatic carbocycles. The summed E-state index contributed by atoms with van der Waals surface area (Å²) in [4.78, 5) is 0. The van der Waals surface area contributed by atoms with Gasteiger partial charge in [-0.2, -0.15) is 0 Å². The van der Waals surface area contributed by atoms with Crippen LogP contribution in [0.3, 0.4) is 0 Å². The maximum absolute atomic E-state index is 6.91. The van der Waals surface area contributed by atoms with Crippen molar-refractivity contribution in [3.05, 3.63) is 98.7 Å². The van der Waals surface area contributed by atoms with Gasteiger partial charge in [-0.1, -0.05) is 83.9 Å². The van der Waals surface area contributed by atoms with Gasteiger partial charge in [0.25, 0.3) is 0 Å². The Morgan fingerprint density at radius 1 is 0.600 bits per heavy atom. The lowest BCUT2D eigenvalue weighted by atomic mass is 9.94. The summed E-state index contributed by atoms with van der Waals surface area (Å²) in [6.45, 7) is 0. The van der Waals surface area contributed by atoms with Crippen molar-refractivity contribution in [2.45, 2.75) is 12.8 Å². The summed E-state index contributed by atoms with van der Waals surface area (Å²) in [5.41, 5.74) is 5.16. The monoisotopic (exact) mass is 690 g/mol. The number of hydrogen-bond acceptors (Lipinski definition) is 2. The maximum atomic E-state index is 6.91. The lowest BCUT2D eigenvalue weighted by Crippen LogP contribution is -1.95. The van der Waals surface area contributed by atoms with Crippen molar-refractivity contribution < 1.29 is 0 Å². The third-order valence-corrected chi connectivity index (χ3v) is 11.3. The molecule has 5 rings (SSSR count). The molecular weight excluding hydrogens is 677 g/mol. The summed E-state index contributed by atoms with van der Waals surface area (Å²) < 4.78 is 4.80. The molecule has 0 saturated heterocycles. The second kappa shape index (κ2) is 8.87. The molecule has 0 spiro atoms. The third kappa shape index (κ3) is 3.82. The summed E-state index contributed by atoms with van der Waals surface area (Å²) in [6.07, 6.45) is 1.69. The highest BCUT2D eigenvalue weighted by molar-refractivity contribution is 14.1. The van der Waals surface area contributed by atoms with Crippen molar-refractivity contribution in [1.82, 2.24) is 0 Å². The van der Waals surface area contributed by atoms with Crippen LogP contribution in [0, 0.1) is 5.77 Å². The summed E-state index contributed by atoms with van der Waals surface area (Å²) in [5.74, 6) is 0. The molecule has 0 bridgehead atoms. The van der Waals surface area contributed by atoms with Crippen molar-refractivity contribution in [1.29, 1.82) is 0 Å². The zero-order valence-electron chi connectivity index (χ0n) is 15.5. The second-order valence-electron chi connectivity index (χ2n) is 7.07. The number of benzene rings is 3. The van der Waals surface area contributed by atoms with Gasteiger partial charge in [0.1, 0.15) is 0 Å². The topological polar surface area (TPSA) is 0 Å². The van der Waals surface area contributed by atoms with E-state index in [1.165, 1.54) is 42.4 Å². The van der Waals surface area contributed by atoms with E-state index in [9.17, 15) is 0 Å². The van der Waals surface area contributed by atoms with Crippen LogP contribution in [0.15, 0.2) is 60.7 Å². The Hall–Kier alpha value is -0.380. The maximum Gasteiger partial charge on any atom is 0.0852 e. The molecule has 0 amide bonds. The van der Waals surface area contributed by atoms with Crippen LogP contribution < -0.4 is 0 Å². The minimum Gasteiger partial charge on any atom is -0.127 e. The number of rotatable bonds is 4. The zero-order valence-corrected chi connectivity index (χ0v) is 23.0. The number of hydrogen-bond donors (Lipinski definition) is 0. The summed E-state index contributed by atoms with van der Waals surface area (Å²) >= 11 is 22.1. The Labute approximate surface area is 220 Å². The SMILES string of the molecule is Clc1c(I)sc2c(Cc3ccccc3)c3c(Cl)c(I)sc3c(Cc3ccccc3)c12. The van der Waals surface area contributed by atoms with Crippen LogP contribution in [0.4, 0.5) is 0 Å². The molecule has 0 unspecified atom stereocenters. The van der Waals surface area contributed by atoms with Gasteiger partial charge < -0.3 is 0 Å². The van der Waals surface area contributed by atoms with Crippen LogP contribution in [-0.2, 0) is 12.8 Å². The molecule has 6 heteroatoms. The number of fused-ring (bicyclic) bond motifs is 2. The smallest absolute Gasteiger partial charge is 0.0852 e. The van der Waals surface area contributed by atoms with E-state index in [0.717, 1.165) is 28.7 Å². The molecule has 5 aromatic rings. The first-order chi connectivity index (χ1) is 14.5. The first kappa shape index (κ1) is 21.5. The fourth-order valence-corrected chi connectivity index (χ4v) is 8.51. The Morgan fingerprint density at radius 3 is 1.33 bits per heavy atom. The van der Waals surface area contributed by atoms with Crippen molar-refractivity contribution >= 4 is 111 Å². The lowest BCUT2D eigenvalue weighted by molar-refractivity contribution is 1.22. The van der Waals surface area contributed by atoms with Gasteiger partial charge in [0.15, 0.2) is 0 Å². The van der Waals surface area contributed by atoms with Crippen molar-refractivity contribution in [3.63, 3.8) is 0 Å². The lowest BCUT2D eigenvalue weighted by Gasteiger charge is -2.13.